The predicted molar refractivity (Wildman–Crippen MR) is 86.8 cm³/mol. The van der Waals surface area contributed by atoms with E-state index in [1.165, 1.54) is 9.75 Å². The molecule has 0 aliphatic rings. The lowest BCUT2D eigenvalue weighted by atomic mass is 9.93. The summed E-state index contributed by atoms with van der Waals surface area (Å²) >= 11 is 1.94. The Morgan fingerprint density at radius 1 is 1.16 bits per heavy atom. The molecular weight excluding hydrogens is 252 g/mol. The second-order valence-electron chi connectivity index (χ2n) is 7.19. The molecule has 0 unspecified atom stereocenters. The van der Waals surface area contributed by atoms with Crippen molar-refractivity contribution in [2.45, 2.75) is 53.5 Å². The van der Waals surface area contributed by atoms with E-state index in [1.54, 1.807) is 0 Å². The number of hydrogen-bond acceptors (Lipinski definition) is 3. The smallest absolute Gasteiger partial charge is 0.0328 e. The molecule has 2 nitrogen and oxygen atoms in total. The molecule has 0 aliphatic carbocycles. The Morgan fingerprint density at radius 2 is 1.79 bits per heavy atom. The molecule has 1 rings (SSSR count). The molecule has 1 aromatic rings. The van der Waals surface area contributed by atoms with Crippen LogP contribution in [0.1, 0.15) is 51.3 Å². The van der Waals surface area contributed by atoms with Gasteiger partial charge in [0.1, 0.15) is 0 Å². The van der Waals surface area contributed by atoms with E-state index in [-0.39, 0.29) is 10.8 Å². The Labute approximate surface area is 123 Å². The molecule has 0 radical (unpaired) electrons. The molecule has 1 aromatic heterocycles. The second-order valence-corrected chi connectivity index (χ2v) is 8.36. The summed E-state index contributed by atoms with van der Waals surface area (Å²) in [5.74, 6) is 0. The van der Waals surface area contributed by atoms with Crippen molar-refractivity contribution in [1.29, 1.82) is 0 Å². The van der Waals surface area contributed by atoms with E-state index < -0.39 is 0 Å². The van der Waals surface area contributed by atoms with Crippen LogP contribution >= 0.6 is 11.3 Å². The Hall–Kier alpha value is -0.380. The Morgan fingerprint density at radius 3 is 2.21 bits per heavy atom. The average molecular weight is 282 g/mol. The molecule has 0 fully saturated rings. The third-order valence-electron chi connectivity index (χ3n) is 3.43. The van der Waals surface area contributed by atoms with Gasteiger partial charge in [-0.1, -0.05) is 41.5 Å². The first-order valence-electron chi connectivity index (χ1n) is 7.19. The van der Waals surface area contributed by atoms with Gasteiger partial charge in [-0.2, -0.15) is 0 Å². The van der Waals surface area contributed by atoms with E-state index >= 15 is 0 Å². The average Bonchev–Trinajstić information content (AvgIpc) is 2.76. The first kappa shape index (κ1) is 16.7. The number of rotatable bonds is 6. The topological polar surface area (TPSA) is 29.3 Å². The van der Waals surface area contributed by atoms with Gasteiger partial charge in [-0.3, -0.25) is 4.90 Å². The minimum atomic E-state index is 0.195. The molecule has 0 aromatic carbocycles. The Balaban J connectivity index is 2.69. The normalized spacial score (nSPS) is 13.3. The lowest BCUT2D eigenvalue weighted by molar-refractivity contribution is 0.185. The van der Waals surface area contributed by atoms with Crippen LogP contribution in [0, 0.1) is 5.41 Å². The molecule has 0 amide bonds. The summed E-state index contributed by atoms with van der Waals surface area (Å²) in [6, 6.07) is 4.56. The highest BCUT2D eigenvalue weighted by atomic mass is 32.1. The van der Waals surface area contributed by atoms with Gasteiger partial charge in [0.2, 0.25) is 0 Å². The van der Waals surface area contributed by atoms with Crippen molar-refractivity contribution in [2.75, 3.05) is 19.6 Å². The second kappa shape index (κ2) is 6.38. The van der Waals surface area contributed by atoms with Gasteiger partial charge in [0, 0.05) is 22.8 Å². The van der Waals surface area contributed by atoms with Crippen molar-refractivity contribution in [2.24, 2.45) is 11.1 Å². The van der Waals surface area contributed by atoms with E-state index in [9.17, 15) is 0 Å². The van der Waals surface area contributed by atoms with Crippen LogP contribution in [0.2, 0.25) is 0 Å². The zero-order valence-corrected chi connectivity index (χ0v) is 14.2. The standard InChI is InChI=1S/C16H30N2S/c1-7-18(12-16(5,6)11-17)10-13-8-9-14(19-13)15(2,3)4/h8-9H,7,10-12,17H2,1-6H3. The van der Waals surface area contributed by atoms with Gasteiger partial charge in [-0.25, -0.2) is 0 Å². The van der Waals surface area contributed by atoms with Gasteiger partial charge < -0.3 is 5.73 Å². The van der Waals surface area contributed by atoms with Crippen LogP contribution in [0.15, 0.2) is 12.1 Å². The summed E-state index contributed by atoms with van der Waals surface area (Å²) in [5.41, 5.74) is 6.29. The van der Waals surface area contributed by atoms with Crippen LogP contribution in [0.4, 0.5) is 0 Å². The minimum Gasteiger partial charge on any atom is -0.330 e. The highest BCUT2D eigenvalue weighted by Gasteiger charge is 2.21. The van der Waals surface area contributed by atoms with Crippen LogP contribution in [-0.2, 0) is 12.0 Å². The maximum absolute atomic E-state index is 5.84. The summed E-state index contributed by atoms with van der Waals surface area (Å²) in [4.78, 5) is 5.42. The fraction of sp³-hybridized carbons (Fsp3) is 0.750. The predicted octanol–water partition coefficient (Wildman–Crippen LogP) is 3.85. The quantitative estimate of drug-likeness (QED) is 0.858. The summed E-state index contributed by atoms with van der Waals surface area (Å²) in [5, 5.41) is 0. The monoisotopic (exact) mass is 282 g/mol. The molecule has 19 heavy (non-hydrogen) atoms. The fourth-order valence-electron chi connectivity index (χ4n) is 2.04. The van der Waals surface area contributed by atoms with Crippen molar-refractivity contribution in [3.05, 3.63) is 21.9 Å². The molecule has 0 aliphatic heterocycles. The van der Waals surface area contributed by atoms with Crippen molar-refractivity contribution in [1.82, 2.24) is 4.90 Å². The summed E-state index contributed by atoms with van der Waals surface area (Å²) < 4.78 is 0. The van der Waals surface area contributed by atoms with Crippen LogP contribution in [-0.4, -0.2) is 24.5 Å². The molecule has 2 N–H and O–H groups in total. The minimum absolute atomic E-state index is 0.195. The number of thiophene rings is 1. The zero-order valence-electron chi connectivity index (χ0n) is 13.4. The van der Waals surface area contributed by atoms with Crippen LogP contribution in [0.25, 0.3) is 0 Å². The van der Waals surface area contributed by atoms with Gasteiger partial charge in [-0.15, -0.1) is 11.3 Å². The lowest BCUT2D eigenvalue weighted by Gasteiger charge is -2.30. The van der Waals surface area contributed by atoms with Gasteiger partial charge in [-0.05, 0) is 36.1 Å². The maximum Gasteiger partial charge on any atom is 0.0328 e. The SMILES string of the molecule is CCN(Cc1ccc(C(C)(C)C)s1)CC(C)(C)CN. The van der Waals surface area contributed by atoms with Crippen molar-refractivity contribution in [3.8, 4) is 0 Å². The van der Waals surface area contributed by atoms with E-state index in [0.29, 0.717) is 0 Å². The first-order chi connectivity index (χ1) is 8.68. The number of nitrogens with zero attached hydrogens (tertiary/aromatic N) is 1. The van der Waals surface area contributed by atoms with Crippen LogP contribution < -0.4 is 5.73 Å². The summed E-state index contributed by atoms with van der Waals surface area (Å²) in [6.45, 7) is 17.4. The molecule has 0 bridgehead atoms. The highest BCUT2D eigenvalue weighted by molar-refractivity contribution is 7.12. The first-order valence-corrected chi connectivity index (χ1v) is 8.01. The Kier molecular flexibility index (Phi) is 5.60. The molecule has 110 valence electrons. The molecule has 0 saturated carbocycles. The fourth-order valence-corrected chi connectivity index (χ4v) is 3.14. The van der Waals surface area contributed by atoms with Gasteiger partial charge in [0.15, 0.2) is 0 Å². The van der Waals surface area contributed by atoms with Crippen molar-refractivity contribution in [3.63, 3.8) is 0 Å². The molecular formula is C16H30N2S. The molecule has 0 spiro atoms. The van der Waals surface area contributed by atoms with Gasteiger partial charge in [0.05, 0.1) is 0 Å². The molecule has 0 saturated heterocycles. The molecule has 1 heterocycles. The number of hydrogen-bond donors (Lipinski definition) is 1. The van der Waals surface area contributed by atoms with Crippen LogP contribution in [0.5, 0.6) is 0 Å². The van der Waals surface area contributed by atoms with Crippen molar-refractivity contribution >= 4 is 11.3 Å². The lowest BCUT2D eigenvalue weighted by Crippen LogP contribution is -2.38. The van der Waals surface area contributed by atoms with Gasteiger partial charge >= 0.3 is 0 Å². The van der Waals surface area contributed by atoms with Gasteiger partial charge in [0.25, 0.3) is 0 Å². The summed E-state index contributed by atoms with van der Waals surface area (Å²) in [7, 11) is 0. The van der Waals surface area contributed by atoms with E-state index in [0.717, 1.165) is 26.2 Å². The highest BCUT2D eigenvalue weighted by Crippen LogP contribution is 2.30. The van der Waals surface area contributed by atoms with Crippen molar-refractivity contribution < 1.29 is 0 Å². The maximum atomic E-state index is 5.84. The Bertz CT molecular complexity index is 388. The van der Waals surface area contributed by atoms with E-state index in [2.05, 4.69) is 58.6 Å². The number of nitrogens with two attached hydrogens (primary N) is 1. The summed E-state index contributed by atoms with van der Waals surface area (Å²) in [6.07, 6.45) is 0. The van der Waals surface area contributed by atoms with Crippen LogP contribution in [0.3, 0.4) is 0 Å². The molecule has 3 heteroatoms. The third kappa shape index (κ3) is 5.25. The van der Waals surface area contributed by atoms with E-state index in [1.807, 2.05) is 11.3 Å². The zero-order chi connectivity index (χ0) is 14.7. The molecule has 0 atom stereocenters. The third-order valence-corrected chi connectivity index (χ3v) is 4.93. The van der Waals surface area contributed by atoms with E-state index in [4.69, 9.17) is 5.73 Å². The largest absolute Gasteiger partial charge is 0.330 e.